The van der Waals surface area contributed by atoms with Gasteiger partial charge in [0.2, 0.25) is 17.6 Å². The van der Waals surface area contributed by atoms with Crippen molar-refractivity contribution in [3.05, 3.63) is 35.4 Å². The highest BCUT2D eigenvalue weighted by Gasteiger charge is 2.45. The van der Waals surface area contributed by atoms with E-state index in [0.29, 0.717) is 38.1 Å². The van der Waals surface area contributed by atoms with Crippen molar-refractivity contribution in [3.63, 3.8) is 0 Å². The number of carbonyl (C=O) groups excluding carboxylic acids is 5. The number of ketones is 1. The molecule has 3 N–H and O–H groups in total. The summed E-state index contributed by atoms with van der Waals surface area (Å²) in [7, 11) is 1.38. The Labute approximate surface area is 236 Å². The molecule has 0 radical (unpaired) electrons. The number of ether oxygens (including phenoxy) is 1. The third kappa shape index (κ3) is 7.20. The first-order valence-corrected chi connectivity index (χ1v) is 14.4. The van der Waals surface area contributed by atoms with E-state index in [9.17, 15) is 24.0 Å². The predicted octanol–water partition coefficient (Wildman–Crippen LogP) is 1.99. The quantitative estimate of drug-likeness (QED) is 0.358. The number of fused-ring (bicyclic) bond motifs is 1. The Morgan fingerprint density at radius 3 is 2.25 bits per heavy atom. The first-order chi connectivity index (χ1) is 19.1. The maximum Gasteiger partial charge on any atom is 0.407 e. The van der Waals surface area contributed by atoms with E-state index in [-0.39, 0.29) is 30.3 Å². The van der Waals surface area contributed by atoms with E-state index in [4.69, 9.17) is 4.74 Å². The summed E-state index contributed by atoms with van der Waals surface area (Å²) in [5.74, 6) is -1.90. The van der Waals surface area contributed by atoms with Gasteiger partial charge in [-0.1, -0.05) is 57.9 Å². The number of hydrogen-bond acceptors (Lipinski definition) is 6. The molecule has 1 aromatic carbocycles. The maximum absolute atomic E-state index is 14.1. The highest BCUT2D eigenvalue weighted by molar-refractivity contribution is 6.38. The highest BCUT2D eigenvalue weighted by Crippen LogP contribution is 2.34. The van der Waals surface area contributed by atoms with E-state index in [0.717, 1.165) is 24.0 Å². The summed E-state index contributed by atoms with van der Waals surface area (Å²) in [6, 6.07) is 5.38. The van der Waals surface area contributed by atoms with Crippen molar-refractivity contribution in [1.29, 1.82) is 0 Å². The van der Waals surface area contributed by atoms with Crippen molar-refractivity contribution >= 4 is 29.6 Å². The molecule has 1 saturated carbocycles. The number of hydrogen-bond donors (Lipinski definition) is 3. The second kappa shape index (κ2) is 12.8. The minimum atomic E-state index is -0.933. The number of Topliss-reactive ketones (excluding diaryl/α,β-unsaturated/α-hetero) is 1. The second-order valence-electron chi connectivity index (χ2n) is 12.1. The van der Waals surface area contributed by atoms with Crippen LogP contribution in [0.25, 0.3) is 0 Å². The highest BCUT2D eigenvalue weighted by atomic mass is 16.5. The molecule has 4 rings (SSSR count). The van der Waals surface area contributed by atoms with Crippen molar-refractivity contribution in [3.8, 4) is 0 Å². The van der Waals surface area contributed by atoms with Gasteiger partial charge in [0, 0.05) is 13.6 Å². The van der Waals surface area contributed by atoms with Gasteiger partial charge in [0.15, 0.2) is 0 Å². The fourth-order valence-electron chi connectivity index (χ4n) is 5.81. The average molecular weight is 555 g/mol. The molecule has 1 saturated heterocycles. The van der Waals surface area contributed by atoms with Crippen LogP contribution in [0.15, 0.2) is 24.3 Å². The first kappa shape index (κ1) is 29.6. The molecule has 1 aromatic rings. The minimum absolute atomic E-state index is 0.0468. The zero-order chi connectivity index (χ0) is 29.0. The zero-order valence-corrected chi connectivity index (χ0v) is 23.9. The molecule has 10 heteroatoms. The normalized spacial score (nSPS) is 21.9. The molecule has 2 aliphatic carbocycles. The first-order valence-electron chi connectivity index (χ1n) is 14.4. The van der Waals surface area contributed by atoms with Gasteiger partial charge in [0.1, 0.15) is 12.1 Å². The van der Waals surface area contributed by atoms with Gasteiger partial charge >= 0.3 is 6.09 Å². The number of alkyl carbamates (subject to hydrolysis) is 1. The van der Waals surface area contributed by atoms with Gasteiger partial charge in [-0.05, 0) is 60.5 Å². The summed E-state index contributed by atoms with van der Waals surface area (Å²) in [4.78, 5) is 66.8. The van der Waals surface area contributed by atoms with Gasteiger partial charge in [0.25, 0.3) is 5.91 Å². The summed E-state index contributed by atoms with van der Waals surface area (Å²) in [5, 5.41) is 7.97. The Hall–Kier alpha value is -3.43. The molecule has 2 fully saturated rings. The fourth-order valence-corrected chi connectivity index (χ4v) is 5.81. The Kier molecular flexibility index (Phi) is 9.48. The number of nitrogens with zero attached hydrogens (tertiary/aromatic N) is 1. The lowest BCUT2D eigenvalue weighted by Gasteiger charge is -2.32. The molecule has 40 heavy (non-hydrogen) atoms. The number of benzene rings is 1. The monoisotopic (exact) mass is 554 g/mol. The lowest BCUT2D eigenvalue weighted by atomic mass is 9.95. The molecule has 0 spiro atoms. The van der Waals surface area contributed by atoms with E-state index in [1.807, 2.05) is 45.0 Å². The van der Waals surface area contributed by atoms with Gasteiger partial charge in [-0.2, -0.15) is 0 Å². The summed E-state index contributed by atoms with van der Waals surface area (Å²) >= 11 is 0. The average Bonchev–Trinajstić information content (AvgIpc) is 3.50. The van der Waals surface area contributed by atoms with Crippen LogP contribution in [0.3, 0.4) is 0 Å². The third-order valence-electron chi connectivity index (χ3n) is 8.09. The van der Waals surface area contributed by atoms with E-state index >= 15 is 0 Å². The fraction of sp³-hybridized carbons (Fsp3) is 0.633. The van der Waals surface area contributed by atoms with Gasteiger partial charge in [-0.15, -0.1) is 0 Å². The number of carbonyl (C=O) groups is 5. The standard InChI is InChI=1S/C30H42N4O6/c1-17(2)16-40-30(39)33-25(22-13-20-7-5-6-8-21(20)14-22)29(38)34-15-18(3)11-24(34)27(36)32-23(12-19-9-10-19)26(35)28(37)31-4/h5-8,17-19,22-25H,9-16H2,1-4H3,(H,31,37)(H,32,36)(H,33,39). The Morgan fingerprint density at radius 2 is 1.68 bits per heavy atom. The summed E-state index contributed by atoms with van der Waals surface area (Å²) in [6.45, 7) is 6.42. The van der Waals surface area contributed by atoms with Crippen LogP contribution in [0, 0.1) is 23.7 Å². The van der Waals surface area contributed by atoms with Crippen LogP contribution >= 0.6 is 0 Å². The smallest absolute Gasteiger partial charge is 0.407 e. The van der Waals surface area contributed by atoms with Crippen LogP contribution in [-0.4, -0.2) is 72.8 Å². The molecule has 1 aliphatic heterocycles. The number of likely N-dealkylation sites (tertiary alicyclic amines) is 1. The van der Waals surface area contributed by atoms with Crippen LogP contribution < -0.4 is 16.0 Å². The van der Waals surface area contributed by atoms with E-state index < -0.39 is 41.8 Å². The molecule has 0 aromatic heterocycles. The van der Waals surface area contributed by atoms with Crippen LogP contribution in [-0.2, 0) is 36.8 Å². The molecule has 0 bridgehead atoms. The number of nitrogens with one attached hydrogen (secondary N) is 3. The lowest BCUT2D eigenvalue weighted by molar-refractivity contribution is -0.143. The SMILES string of the molecule is CNC(=O)C(=O)C(CC1CC1)NC(=O)C1CC(C)CN1C(=O)C(NC(=O)OCC(C)C)C1Cc2ccccc2C1. The third-order valence-corrected chi connectivity index (χ3v) is 8.09. The summed E-state index contributed by atoms with van der Waals surface area (Å²) < 4.78 is 5.36. The Morgan fingerprint density at radius 1 is 1.02 bits per heavy atom. The maximum atomic E-state index is 14.1. The molecule has 4 amide bonds. The Bertz CT molecular complexity index is 1110. The van der Waals surface area contributed by atoms with Crippen LogP contribution in [0.4, 0.5) is 4.79 Å². The van der Waals surface area contributed by atoms with E-state index in [1.165, 1.54) is 11.9 Å². The molecule has 3 aliphatic rings. The van der Waals surface area contributed by atoms with Gasteiger partial charge in [0.05, 0.1) is 12.6 Å². The van der Waals surface area contributed by atoms with E-state index in [2.05, 4.69) is 16.0 Å². The van der Waals surface area contributed by atoms with Crippen molar-refractivity contribution in [2.75, 3.05) is 20.2 Å². The topological polar surface area (TPSA) is 134 Å². The molecular formula is C30H42N4O6. The molecule has 10 nitrogen and oxygen atoms in total. The van der Waals surface area contributed by atoms with Crippen molar-refractivity contribution < 1.29 is 28.7 Å². The number of amides is 4. The predicted molar refractivity (Wildman–Crippen MR) is 148 cm³/mol. The van der Waals surface area contributed by atoms with E-state index in [1.54, 1.807) is 0 Å². The molecule has 4 atom stereocenters. The number of likely N-dealkylation sites (N-methyl/N-ethyl adjacent to an activating group) is 1. The summed E-state index contributed by atoms with van der Waals surface area (Å²) in [6.07, 6.45) is 3.35. The largest absolute Gasteiger partial charge is 0.449 e. The van der Waals surface area contributed by atoms with Crippen molar-refractivity contribution in [2.45, 2.75) is 77.4 Å². The lowest BCUT2D eigenvalue weighted by Crippen LogP contribution is -2.58. The summed E-state index contributed by atoms with van der Waals surface area (Å²) in [5.41, 5.74) is 2.28. The number of rotatable bonds is 11. The Balaban J connectivity index is 1.52. The molecular weight excluding hydrogens is 512 g/mol. The minimum Gasteiger partial charge on any atom is -0.449 e. The van der Waals surface area contributed by atoms with Gasteiger partial charge in [-0.25, -0.2) is 4.79 Å². The molecule has 218 valence electrons. The van der Waals surface area contributed by atoms with Gasteiger partial charge < -0.3 is 25.6 Å². The molecule has 4 unspecified atom stereocenters. The zero-order valence-electron chi connectivity index (χ0n) is 23.9. The van der Waals surface area contributed by atoms with Crippen molar-refractivity contribution in [2.24, 2.45) is 23.7 Å². The van der Waals surface area contributed by atoms with Crippen molar-refractivity contribution in [1.82, 2.24) is 20.9 Å². The molecule has 1 heterocycles. The van der Waals surface area contributed by atoms with Gasteiger partial charge in [-0.3, -0.25) is 19.2 Å². The second-order valence-corrected chi connectivity index (χ2v) is 12.1. The van der Waals surface area contributed by atoms with Crippen LogP contribution in [0.1, 0.15) is 57.6 Å². The van der Waals surface area contributed by atoms with Crippen LogP contribution in [0.5, 0.6) is 0 Å². The van der Waals surface area contributed by atoms with Crippen LogP contribution in [0.2, 0.25) is 0 Å².